The number of aromatic carboxylic acids is 1. The van der Waals surface area contributed by atoms with Crippen LogP contribution >= 0.6 is 0 Å². The van der Waals surface area contributed by atoms with E-state index in [1.807, 2.05) is 0 Å². The maximum absolute atomic E-state index is 12.2. The van der Waals surface area contributed by atoms with Crippen LogP contribution in [0.15, 0.2) is 17.2 Å². The number of carbonyl (C=O) groups excluding carboxylic acids is 1. The lowest BCUT2D eigenvalue weighted by Crippen LogP contribution is -2.35. The van der Waals surface area contributed by atoms with Gasteiger partial charge in [-0.3, -0.25) is 4.79 Å². The van der Waals surface area contributed by atoms with E-state index in [2.05, 4.69) is 9.72 Å². The standard InChI is InChI=1S/C10H14N2O6S/c1-3-12(6-9(13)18-2)19(16,17)7-4-8(10(14)15)11-5-7/h4-5,11H,3,6H2,1-2H3,(H,14,15). The molecule has 1 aromatic heterocycles. The van der Waals surface area contributed by atoms with Gasteiger partial charge in [0.25, 0.3) is 0 Å². The minimum Gasteiger partial charge on any atom is -0.477 e. The maximum atomic E-state index is 12.2. The quantitative estimate of drug-likeness (QED) is 0.706. The molecule has 0 aliphatic rings. The number of nitrogens with zero attached hydrogens (tertiary/aromatic N) is 1. The molecular formula is C10H14N2O6S. The fourth-order valence-corrected chi connectivity index (χ4v) is 2.76. The lowest BCUT2D eigenvalue weighted by molar-refractivity contribution is -0.140. The fraction of sp³-hybridized carbons (Fsp3) is 0.400. The highest BCUT2D eigenvalue weighted by atomic mass is 32.2. The zero-order valence-corrected chi connectivity index (χ0v) is 11.2. The molecule has 0 aliphatic heterocycles. The predicted molar refractivity (Wildman–Crippen MR) is 64.2 cm³/mol. The Kier molecular flexibility index (Phi) is 4.67. The van der Waals surface area contributed by atoms with Crippen LogP contribution in [0, 0.1) is 0 Å². The van der Waals surface area contributed by atoms with Crippen LogP contribution in [-0.2, 0) is 19.6 Å². The molecule has 0 spiro atoms. The number of carboxylic acids is 1. The molecule has 1 rings (SSSR count). The largest absolute Gasteiger partial charge is 0.477 e. The monoisotopic (exact) mass is 290 g/mol. The summed E-state index contributed by atoms with van der Waals surface area (Å²) in [7, 11) is -2.78. The molecule has 0 radical (unpaired) electrons. The number of hydrogen-bond acceptors (Lipinski definition) is 5. The van der Waals surface area contributed by atoms with Crippen LogP contribution in [0.5, 0.6) is 0 Å². The topological polar surface area (TPSA) is 117 Å². The van der Waals surface area contributed by atoms with Gasteiger partial charge >= 0.3 is 11.9 Å². The van der Waals surface area contributed by atoms with Crippen molar-refractivity contribution in [1.29, 1.82) is 0 Å². The van der Waals surface area contributed by atoms with Gasteiger partial charge in [-0.2, -0.15) is 4.31 Å². The molecular weight excluding hydrogens is 276 g/mol. The molecule has 9 heteroatoms. The second-order valence-electron chi connectivity index (χ2n) is 3.56. The molecule has 0 amide bonds. The first-order chi connectivity index (χ1) is 8.82. The van der Waals surface area contributed by atoms with Crippen LogP contribution in [0.1, 0.15) is 17.4 Å². The van der Waals surface area contributed by atoms with Gasteiger partial charge in [-0.15, -0.1) is 0 Å². The summed E-state index contributed by atoms with van der Waals surface area (Å²) in [4.78, 5) is 24.0. The number of methoxy groups -OCH3 is 1. The molecule has 8 nitrogen and oxygen atoms in total. The molecule has 0 unspecified atom stereocenters. The first kappa shape index (κ1) is 15.2. The Morgan fingerprint density at radius 3 is 2.53 bits per heavy atom. The molecule has 0 fully saturated rings. The van der Waals surface area contributed by atoms with Crippen molar-refractivity contribution in [3.63, 3.8) is 0 Å². The van der Waals surface area contributed by atoms with Crippen molar-refractivity contribution >= 4 is 22.0 Å². The molecule has 0 aliphatic carbocycles. The van der Waals surface area contributed by atoms with Crippen molar-refractivity contribution in [3.05, 3.63) is 18.0 Å². The molecule has 19 heavy (non-hydrogen) atoms. The highest BCUT2D eigenvalue weighted by molar-refractivity contribution is 7.89. The third-order valence-corrected chi connectivity index (χ3v) is 4.31. The van der Waals surface area contributed by atoms with Crippen molar-refractivity contribution in [2.75, 3.05) is 20.2 Å². The van der Waals surface area contributed by atoms with Gasteiger partial charge in [-0.25, -0.2) is 13.2 Å². The van der Waals surface area contributed by atoms with E-state index in [1.54, 1.807) is 6.92 Å². The van der Waals surface area contributed by atoms with Crippen LogP contribution in [0.25, 0.3) is 0 Å². The zero-order valence-electron chi connectivity index (χ0n) is 10.4. The maximum Gasteiger partial charge on any atom is 0.352 e. The summed E-state index contributed by atoms with van der Waals surface area (Å²) in [5.74, 6) is -1.96. The van der Waals surface area contributed by atoms with E-state index in [0.29, 0.717) is 0 Å². The Hall–Kier alpha value is -1.87. The summed E-state index contributed by atoms with van der Waals surface area (Å²) in [6, 6.07) is 0.998. The zero-order chi connectivity index (χ0) is 14.6. The van der Waals surface area contributed by atoms with Crippen molar-refractivity contribution < 1.29 is 27.9 Å². The van der Waals surface area contributed by atoms with Gasteiger partial charge in [-0.1, -0.05) is 6.92 Å². The van der Waals surface area contributed by atoms with E-state index < -0.39 is 28.5 Å². The van der Waals surface area contributed by atoms with Crippen LogP contribution < -0.4 is 0 Å². The predicted octanol–water partition coefficient (Wildman–Crippen LogP) is -0.103. The van der Waals surface area contributed by atoms with E-state index in [1.165, 1.54) is 0 Å². The van der Waals surface area contributed by atoms with E-state index >= 15 is 0 Å². The summed E-state index contributed by atoms with van der Waals surface area (Å²) in [5.41, 5.74) is -0.243. The van der Waals surface area contributed by atoms with Crippen molar-refractivity contribution in [2.24, 2.45) is 0 Å². The Morgan fingerprint density at radius 1 is 1.47 bits per heavy atom. The molecule has 0 saturated heterocycles. The van der Waals surface area contributed by atoms with Gasteiger partial charge in [-0.05, 0) is 6.07 Å². The molecule has 0 bridgehead atoms. The highest BCUT2D eigenvalue weighted by Crippen LogP contribution is 2.16. The van der Waals surface area contributed by atoms with Gasteiger partial charge in [0, 0.05) is 12.7 Å². The number of carbonyl (C=O) groups is 2. The van der Waals surface area contributed by atoms with Crippen LogP contribution in [0.4, 0.5) is 0 Å². The van der Waals surface area contributed by atoms with Crippen molar-refractivity contribution in [1.82, 2.24) is 9.29 Å². The van der Waals surface area contributed by atoms with Crippen LogP contribution in [-0.4, -0.2) is 55.0 Å². The minimum atomic E-state index is -3.93. The number of rotatable bonds is 6. The number of carboxylic acid groups (broad SMARTS) is 1. The Labute approximate surface area is 110 Å². The van der Waals surface area contributed by atoms with Gasteiger partial charge < -0.3 is 14.8 Å². The second-order valence-corrected chi connectivity index (χ2v) is 5.50. The first-order valence-electron chi connectivity index (χ1n) is 5.31. The second kappa shape index (κ2) is 5.85. The van der Waals surface area contributed by atoms with Crippen LogP contribution in [0.3, 0.4) is 0 Å². The number of H-pyrrole nitrogens is 1. The van der Waals surface area contributed by atoms with E-state index in [0.717, 1.165) is 23.7 Å². The molecule has 0 saturated carbocycles. The average molecular weight is 290 g/mol. The molecule has 106 valence electrons. The highest BCUT2D eigenvalue weighted by Gasteiger charge is 2.27. The fourth-order valence-electron chi connectivity index (χ4n) is 1.37. The Balaban J connectivity index is 3.06. The number of esters is 1. The average Bonchev–Trinajstić information content (AvgIpc) is 2.85. The molecule has 1 aromatic rings. The van der Waals surface area contributed by atoms with Gasteiger partial charge in [0.2, 0.25) is 10.0 Å². The molecule has 1 heterocycles. The number of nitrogens with one attached hydrogen (secondary N) is 1. The molecule has 0 aromatic carbocycles. The number of ether oxygens (including phenoxy) is 1. The van der Waals surface area contributed by atoms with Crippen molar-refractivity contribution in [3.8, 4) is 0 Å². The van der Waals surface area contributed by atoms with Crippen LogP contribution in [0.2, 0.25) is 0 Å². The van der Waals surface area contributed by atoms with Gasteiger partial charge in [0.15, 0.2) is 0 Å². The van der Waals surface area contributed by atoms with Gasteiger partial charge in [0.1, 0.15) is 17.1 Å². The molecule has 0 atom stereocenters. The van der Waals surface area contributed by atoms with Gasteiger partial charge in [0.05, 0.1) is 7.11 Å². The summed E-state index contributed by atoms with van der Waals surface area (Å²) in [6.07, 6.45) is 1.07. The number of likely N-dealkylation sites (N-methyl/N-ethyl adjacent to an activating group) is 1. The van der Waals surface area contributed by atoms with E-state index in [9.17, 15) is 18.0 Å². The summed E-state index contributed by atoms with van der Waals surface area (Å²) in [5, 5.41) is 8.73. The third-order valence-electron chi connectivity index (χ3n) is 2.41. The lowest BCUT2D eigenvalue weighted by atomic mass is 10.4. The SMILES string of the molecule is CCN(CC(=O)OC)S(=O)(=O)c1c[nH]c(C(=O)O)c1. The summed E-state index contributed by atoms with van der Waals surface area (Å²) >= 11 is 0. The Morgan fingerprint density at radius 2 is 2.11 bits per heavy atom. The number of aromatic amines is 1. The Bertz CT molecular complexity index is 577. The normalized spacial score (nSPS) is 11.5. The van der Waals surface area contributed by atoms with E-state index in [-0.39, 0.29) is 17.1 Å². The summed E-state index contributed by atoms with van der Waals surface area (Å²) in [6.45, 7) is 1.19. The minimum absolute atomic E-state index is 0.0605. The number of aromatic nitrogens is 1. The lowest BCUT2D eigenvalue weighted by Gasteiger charge is -2.17. The number of hydrogen-bond donors (Lipinski definition) is 2. The number of sulfonamides is 1. The third kappa shape index (κ3) is 3.32. The first-order valence-corrected chi connectivity index (χ1v) is 6.75. The smallest absolute Gasteiger partial charge is 0.352 e. The molecule has 2 N–H and O–H groups in total. The van der Waals surface area contributed by atoms with Crippen molar-refractivity contribution in [2.45, 2.75) is 11.8 Å². The summed E-state index contributed by atoms with van der Waals surface area (Å²) < 4.78 is 29.6. The van der Waals surface area contributed by atoms with E-state index in [4.69, 9.17) is 5.11 Å².